The van der Waals surface area contributed by atoms with Crippen LogP contribution in [0.5, 0.6) is 5.75 Å². The van der Waals surface area contributed by atoms with Gasteiger partial charge in [0.2, 0.25) is 0 Å². The molecule has 0 aliphatic carbocycles. The smallest absolute Gasteiger partial charge is 0.131 e. The third kappa shape index (κ3) is 3.94. The second-order valence-electron chi connectivity index (χ2n) is 7.16. The lowest BCUT2D eigenvalue weighted by Gasteiger charge is -2.20. The minimum Gasteiger partial charge on any atom is -0.491 e. The number of rotatable bonds is 5. The Hall–Kier alpha value is -2.26. The topological polar surface area (TPSA) is 34.1 Å². The van der Waals surface area contributed by atoms with Gasteiger partial charge in [-0.25, -0.2) is 4.98 Å². The van der Waals surface area contributed by atoms with Gasteiger partial charge in [0.25, 0.3) is 0 Å². The number of ether oxygens (including phenoxy) is 1. The number of halogens is 1. The van der Waals surface area contributed by atoms with Gasteiger partial charge >= 0.3 is 0 Å². The Balaban J connectivity index is 1.99. The fourth-order valence-electron chi connectivity index (χ4n) is 2.96. The standard InChI is InChI=1S/C22H25ClN2O/c1-13(2)17-12-19(15(5)11-20(17)26-14(3)4)24-21-10-9-16-7-6-8-18(23)22(16)25-21/h6-14H,1-5H3,(H,24,25). The maximum Gasteiger partial charge on any atom is 0.131 e. The number of fused-ring (bicyclic) bond motifs is 1. The van der Waals surface area contributed by atoms with Crippen molar-refractivity contribution in [3.05, 3.63) is 58.6 Å². The molecule has 3 aromatic rings. The number of hydrogen-bond acceptors (Lipinski definition) is 3. The third-order valence-corrected chi connectivity index (χ3v) is 4.58. The Labute approximate surface area is 160 Å². The highest BCUT2D eigenvalue weighted by atomic mass is 35.5. The van der Waals surface area contributed by atoms with Crippen molar-refractivity contribution in [2.45, 2.75) is 46.6 Å². The lowest BCUT2D eigenvalue weighted by Crippen LogP contribution is -2.09. The summed E-state index contributed by atoms with van der Waals surface area (Å²) in [6.45, 7) is 10.5. The Morgan fingerprint density at radius 1 is 1.04 bits per heavy atom. The van der Waals surface area contributed by atoms with Crippen LogP contribution in [0.15, 0.2) is 42.5 Å². The number of pyridine rings is 1. The van der Waals surface area contributed by atoms with E-state index in [0.717, 1.165) is 33.7 Å². The fraction of sp³-hybridized carbons (Fsp3) is 0.318. The molecule has 0 amide bonds. The van der Waals surface area contributed by atoms with Gasteiger partial charge in [-0.2, -0.15) is 0 Å². The van der Waals surface area contributed by atoms with Gasteiger partial charge in [-0.3, -0.25) is 0 Å². The average Bonchev–Trinajstić information content (AvgIpc) is 2.57. The number of benzene rings is 2. The molecule has 4 heteroatoms. The molecule has 0 radical (unpaired) electrons. The summed E-state index contributed by atoms with van der Waals surface area (Å²) in [4.78, 5) is 4.68. The van der Waals surface area contributed by atoms with Crippen LogP contribution in [0.4, 0.5) is 11.5 Å². The monoisotopic (exact) mass is 368 g/mol. The molecular weight excluding hydrogens is 344 g/mol. The molecule has 2 aromatic carbocycles. The molecule has 0 atom stereocenters. The summed E-state index contributed by atoms with van der Waals surface area (Å²) in [7, 11) is 0. The van der Waals surface area contributed by atoms with E-state index in [-0.39, 0.29) is 6.10 Å². The van der Waals surface area contributed by atoms with Gasteiger partial charge in [0.1, 0.15) is 11.6 Å². The first kappa shape index (κ1) is 18.5. The summed E-state index contributed by atoms with van der Waals surface area (Å²) >= 11 is 6.29. The zero-order valence-corrected chi connectivity index (χ0v) is 16.7. The van der Waals surface area contributed by atoms with Crippen molar-refractivity contribution >= 4 is 34.0 Å². The van der Waals surface area contributed by atoms with E-state index in [1.54, 1.807) is 0 Å². The summed E-state index contributed by atoms with van der Waals surface area (Å²) in [5.41, 5.74) is 4.14. The number of nitrogens with one attached hydrogen (secondary N) is 1. The van der Waals surface area contributed by atoms with Crippen LogP contribution < -0.4 is 10.1 Å². The van der Waals surface area contributed by atoms with Crippen LogP contribution in [-0.2, 0) is 0 Å². The molecule has 0 bridgehead atoms. The lowest BCUT2D eigenvalue weighted by molar-refractivity contribution is 0.239. The minimum absolute atomic E-state index is 0.148. The van der Waals surface area contributed by atoms with Gasteiger partial charge in [-0.15, -0.1) is 0 Å². The second kappa shape index (κ2) is 7.55. The van der Waals surface area contributed by atoms with Crippen LogP contribution in [0.2, 0.25) is 5.02 Å². The maximum atomic E-state index is 6.29. The molecule has 0 unspecified atom stereocenters. The van der Waals surface area contributed by atoms with Gasteiger partial charge in [-0.1, -0.05) is 37.6 Å². The minimum atomic E-state index is 0.148. The van der Waals surface area contributed by atoms with Crippen LogP contribution in [0, 0.1) is 6.92 Å². The predicted octanol–water partition coefficient (Wildman–Crippen LogP) is 6.85. The highest BCUT2D eigenvalue weighted by Gasteiger charge is 2.14. The van der Waals surface area contributed by atoms with Crippen molar-refractivity contribution in [1.29, 1.82) is 0 Å². The molecule has 1 aromatic heterocycles. The first-order valence-corrected chi connectivity index (χ1v) is 9.36. The molecule has 136 valence electrons. The molecule has 1 heterocycles. The Kier molecular flexibility index (Phi) is 5.38. The van der Waals surface area contributed by atoms with Gasteiger partial charge in [0.05, 0.1) is 16.6 Å². The highest BCUT2D eigenvalue weighted by Crippen LogP contribution is 2.34. The van der Waals surface area contributed by atoms with E-state index in [9.17, 15) is 0 Å². The summed E-state index contributed by atoms with van der Waals surface area (Å²) in [6.07, 6.45) is 0.148. The molecule has 1 N–H and O–H groups in total. The summed E-state index contributed by atoms with van der Waals surface area (Å²) in [5.74, 6) is 2.09. The second-order valence-corrected chi connectivity index (χ2v) is 7.57. The number of aryl methyl sites for hydroxylation is 1. The zero-order chi connectivity index (χ0) is 18.8. The van der Waals surface area contributed by atoms with E-state index < -0.39 is 0 Å². The van der Waals surface area contributed by atoms with E-state index in [2.05, 4.69) is 43.2 Å². The molecule has 0 aliphatic heterocycles. The number of aromatic nitrogens is 1. The van der Waals surface area contributed by atoms with Crippen molar-refractivity contribution < 1.29 is 4.74 Å². The Bertz CT molecular complexity index is 935. The molecule has 0 saturated carbocycles. The van der Waals surface area contributed by atoms with E-state index in [1.165, 1.54) is 5.56 Å². The zero-order valence-electron chi connectivity index (χ0n) is 15.9. The van der Waals surface area contributed by atoms with Crippen molar-refractivity contribution in [3.63, 3.8) is 0 Å². The predicted molar refractivity (Wildman–Crippen MR) is 111 cm³/mol. The Morgan fingerprint density at radius 3 is 2.50 bits per heavy atom. The highest BCUT2D eigenvalue weighted by molar-refractivity contribution is 6.35. The largest absolute Gasteiger partial charge is 0.491 e. The lowest BCUT2D eigenvalue weighted by atomic mass is 9.99. The quantitative estimate of drug-likeness (QED) is 0.534. The molecule has 0 saturated heterocycles. The van der Waals surface area contributed by atoms with Crippen molar-refractivity contribution in [2.75, 3.05) is 5.32 Å². The first-order chi connectivity index (χ1) is 12.3. The van der Waals surface area contributed by atoms with E-state index in [0.29, 0.717) is 10.9 Å². The molecule has 3 rings (SSSR count). The van der Waals surface area contributed by atoms with Crippen molar-refractivity contribution in [2.24, 2.45) is 0 Å². The van der Waals surface area contributed by atoms with Crippen molar-refractivity contribution in [3.8, 4) is 5.75 Å². The molecule has 0 spiro atoms. The van der Waals surface area contributed by atoms with Crippen LogP contribution >= 0.6 is 11.6 Å². The molecule has 26 heavy (non-hydrogen) atoms. The normalized spacial score (nSPS) is 11.4. The molecular formula is C22H25ClN2O. The number of para-hydroxylation sites is 1. The summed E-state index contributed by atoms with van der Waals surface area (Å²) in [5, 5.41) is 5.13. The van der Waals surface area contributed by atoms with Gasteiger partial charge in [0, 0.05) is 11.1 Å². The number of anilines is 2. The fourth-order valence-corrected chi connectivity index (χ4v) is 3.18. The molecule has 0 aliphatic rings. The van der Waals surface area contributed by atoms with E-state index >= 15 is 0 Å². The molecule has 3 nitrogen and oxygen atoms in total. The Morgan fingerprint density at radius 2 is 1.81 bits per heavy atom. The third-order valence-electron chi connectivity index (χ3n) is 4.28. The van der Waals surface area contributed by atoms with E-state index in [4.69, 9.17) is 16.3 Å². The van der Waals surface area contributed by atoms with Crippen LogP contribution in [0.1, 0.15) is 44.7 Å². The van der Waals surface area contributed by atoms with E-state index in [1.807, 2.05) is 44.2 Å². The molecule has 0 fully saturated rings. The van der Waals surface area contributed by atoms with Gasteiger partial charge in [-0.05, 0) is 68.1 Å². The van der Waals surface area contributed by atoms with Crippen LogP contribution in [0.25, 0.3) is 10.9 Å². The maximum absolute atomic E-state index is 6.29. The summed E-state index contributed by atoms with van der Waals surface area (Å²) in [6, 6.07) is 14.1. The van der Waals surface area contributed by atoms with Gasteiger partial charge < -0.3 is 10.1 Å². The SMILES string of the molecule is Cc1cc(OC(C)C)c(C(C)C)cc1Nc1ccc2cccc(Cl)c2n1. The van der Waals surface area contributed by atoms with Crippen LogP contribution in [0.3, 0.4) is 0 Å². The van der Waals surface area contributed by atoms with Crippen molar-refractivity contribution in [1.82, 2.24) is 4.98 Å². The summed E-state index contributed by atoms with van der Waals surface area (Å²) < 4.78 is 6.01. The number of nitrogens with zero attached hydrogens (tertiary/aromatic N) is 1. The first-order valence-electron chi connectivity index (χ1n) is 8.98. The average molecular weight is 369 g/mol. The van der Waals surface area contributed by atoms with Gasteiger partial charge in [0.15, 0.2) is 0 Å². The number of hydrogen-bond donors (Lipinski definition) is 1. The van der Waals surface area contributed by atoms with Crippen LogP contribution in [-0.4, -0.2) is 11.1 Å².